The van der Waals surface area contributed by atoms with Gasteiger partial charge in [0.05, 0.1) is 13.2 Å². The fourth-order valence-electron chi connectivity index (χ4n) is 3.81. The summed E-state index contributed by atoms with van der Waals surface area (Å²) in [6.07, 6.45) is 3.52. The average Bonchev–Trinajstić information content (AvgIpc) is 2.64. The number of ether oxygens (including phenoxy) is 1. The van der Waals surface area contributed by atoms with Crippen LogP contribution >= 0.6 is 0 Å². The molecule has 128 valence electrons. The first-order chi connectivity index (χ1) is 11.6. The van der Waals surface area contributed by atoms with Gasteiger partial charge in [0.15, 0.2) is 0 Å². The van der Waals surface area contributed by atoms with Gasteiger partial charge in [0.2, 0.25) is 0 Å². The van der Waals surface area contributed by atoms with Crippen molar-refractivity contribution in [1.82, 2.24) is 9.88 Å². The van der Waals surface area contributed by atoms with Gasteiger partial charge < -0.3 is 9.84 Å². The lowest BCUT2D eigenvalue weighted by molar-refractivity contribution is -0.0762. The molecule has 1 N–H and O–H groups in total. The van der Waals surface area contributed by atoms with Crippen LogP contribution < -0.4 is 0 Å². The molecule has 1 aliphatic rings. The third-order valence-electron chi connectivity index (χ3n) is 4.81. The summed E-state index contributed by atoms with van der Waals surface area (Å²) in [6.45, 7) is 7.42. The zero-order valence-corrected chi connectivity index (χ0v) is 14.4. The van der Waals surface area contributed by atoms with E-state index in [-0.39, 0.29) is 12.0 Å². The molecule has 2 aromatic rings. The van der Waals surface area contributed by atoms with Crippen LogP contribution in [0.3, 0.4) is 0 Å². The van der Waals surface area contributed by atoms with Gasteiger partial charge in [-0.25, -0.2) is 0 Å². The Labute approximate surface area is 144 Å². The number of nitrogens with zero attached hydrogens (tertiary/aromatic N) is 2. The summed E-state index contributed by atoms with van der Waals surface area (Å²) >= 11 is 0. The van der Waals surface area contributed by atoms with Gasteiger partial charge in [-0.3, -0.25) is 9.88 Å². The van der Waals surface area contributed by atoms with Gasteiger partial charge in [-0.15, -0.1) is 0 Å². The largest absolute Gasteiger partial charge is 0.379 e. The first-order valence-corrected chi connectivity index (χ1v) is 8.64. The number of morpholine rings is 1. The number of benzene rings is 1. The maximum absolute atomic E-state index is 12.0. The highest BCUT2D eigenvalue weighted by Gasteiger charge is 2.45. The molecule has 1 aromatic carbocycles. The highest BCUT2D eigenvalue weighted by atomic mass is 16.5. The molecule has 24 heavy (non-hydrogen) atoms. The first-order valence-electron chi connectivity index (χ1n) is 8.64. The molecule has 0 amide bonds. The Kier molecular flexibility index (Phi) is 5.29. The van der Waals surface area contributed by atoms with Crippen LogP contribution in [0.2, 0.25) is 0 Å². The van der Waals surface area contributed by atoms with Gasteiger partial charge in [-0.1, -0.05) is 50.2 Å². The maximum atomic E-state index is 12.0. The Morgan fingerprint density at radius 3 is 2.29 bits per heavy atom. The van der Waals surface area contributed by atoms with Crippen LogP contribution in [-0.2, 0) is 10.3 Å². The SMILES string of the molecule is CC(C)C(N1CCOCC1)C(O)(c1ccccc1)c1cccnc1. The van der Waals surface area contributed by atoms with Gasteiger partial charge in [-0.05, 0) is 17.5 Å². The molecule has 1 aromatic heterocycles. The minimum Gasteiger partial charge on any atom is -0.379 e. The van der Waals surface area contributed by atoms with Gasteiger partial charge >= 0.3 is 0 Å². The Morgan fingerprint density at radius 2 is 1.71 bits per heavy atom. The summed E-state index contributed by atoms with van der Waals surface area (Å²) in [5.74, 6) is 0.272. The van der Waals surface area contributed by atoms with Crippen molar-refractivity contribution in [3.05, 3.63) is 66.0 Å². The van der Waals surface area contributed by atoms with Crippen LogP contribution in [0.1, 0.15) is 25.0 Å². The summed E-state index contributed by atoms with van der Waals surface area (Å²) in [4.78, 5) is 6.62. The molecule has 4 nitrogen and oxygen atoms in total. The monoisotopic (exact) mass is 326 g/mol. The van der Waals surface area contributed by atoms with E-state index >= 15 is 0 Å². The van der Waals surface area contributed by atoms with E-state index in [0.29, 0.717) is 13.2 Å². The third kappa shape index (κ3) is 3.22. The fourth-order valence-corrected chi connectivity index (χ4v) is 3.81. The fraction of sp³-hybridized carbons (Fsp3) is 0.450. The zero-order valence-electron chi connectivity index (χ0n) is 14.4. The van der Waals surface area contributed by atoms with Gasteiger partial charge in [0.25, 0.3) is 0 Å². The number of aromatic nitrogens is 1. The standard InChI is InChI=1S/C20H26N2O2/c1-16(2)19(22-11-13-24-14-12-22)20(23,17-7-4-3-5-8-17)18-9-6-10-21-15-18/h3-10,15-16,19,23H,11-14H2,1-2H3. The van der Waals surface area contributed by atoms with Crippen molar-refractivity contribution >= 4 is 0 Å². The molecule has 0 saturated carbocycles. The van der Waals surface area contributed by atoms with E-state index in [9.17, 15) is 5.11 Å². The van der Waals surface area contributed by atoms with Crippen LogP contribution in [0.25, 0.3) is 0 Å². The molecule has 0 aliphatic carbocycles. The molecule has 0 radical (unpaired) electrons. The molecule has 2 heterocycles. The summed E-state index contributed by atoms with van der Waals surface area (Å²) in [7, 11) is 0. The first kappa shape index (κ1) is 17.1. The van der Waals surface area contributed by atoms with Crippen molar-refractivity contribution in [3.63, 3.8) is 0 Å². The molecule has 1 fully saturated rings. The molecule has 1 aliphatic heterocycles. The molecule has 2 unspecified atom stereocenters. The Hall–Kier alpha value is -1.75. The van der Waals surface area contributed by atoms with Crippen LogP contribution in [0.5, 0.6) is 0 Å². The van der Waals surface area contributed by atoms with E-state index in [1.165, 1.54) is 0 Å². The molecule has 4 heteroatoms. The van der Waals surface area contributed by atoms with E-state index < -0.39 is 5.60 Å². The maximum Gasteiger partial charge on any atom is 0.132 e. The second-order valence-corrected chi connectivity index (χ2v) is 6.71. The molecular weight excluding hydrogens is 300 g/mol. The Balaban J connectivity index is 2.12. The molecule has 2 atom stereocenters. The van der Waals surface area contributed by atoms with E-state index in [2.05, 4.69) is 23.7 Å². The van der Waals surface area contributed by atoms with Crippen molar-refractivity contribution in [1.29, 1.82) is 0 Å². The zero-order chi connectivity index (χ0) is 17.0. The second-order valence-electron chi connectivity index (χ2n) is 6.71. The quantitative estimate of drug-likeness (QED) is 0.917. The Morgan fingerprint density at radius 1 is 1.04 bits per heavy atom. The number of rotatable bonds is 5. The highest BCUT2D eigenvalue weighted by molar-refractivity contribution is 5.37. The lowest BCUT2D eigenvalue weighted by atomic mass is 9.75. The van der Waals surface area contributed by atoms with Gasteiger partial charge in [0, 0.05) is 37.1 Å². The topological polar surface area (TPSA) is 45.6 Å². The minimum absolute atomic E-state index is 0.0481. The lowest BCUT2D eigenvalue weighted by Gasteiger charge is -2.47. The number of pyridine rings is 1. The molecule has 3 rings (SSSR count). The second kappa shape index (κ2) is 7.43. The lowest BCUT2D eigenvalue weighted by Crippen LogP contribution is -2.57. The number of hydrogen-bond acceptors (Lipinski definition) is 4. The Bertz CT molecular complexity index is 585. The summed E-state index contributed by atoms with van der Waals surface area (Å²) in [5, 5.41) is 12.0. The summed E-state index contributed by atoms with van der Waals surface area (Å²) < 4.78 is 5.52. The molecular formula is C20H26N2O2. The molecule has 0 spiro atoms. The predicted octanol–water partition coefficient (Wildman–Crippen LogP) is 2.67. The third-order valence-corrected chi connectivity index (χ3v) is 4.81. The summed E-state index contributed by atoms with van der Waals surface area (Å²) in [6, 6.07) is 13.8. The highest BCUT2D eigenvalue weighted by Crippen LogP contribution is 2.38. The van der Waals surface area contributed by atoms with Crippen LogP contribution in [-0.4, -0.2) is 47.3 Å². The van der Waals surface area contributed by atoms with Crippen LogP contribution in [0.15, 0.2) is 54.9 Å². The van der Waals surface area contributed by atoms with Crippen molar-refractivity contribution in [2.24, 2.45) is 5.92 Å². The smallest absolute Gasteiger partial charge is 0.132 e. The van der Waals surface area contributed by atoms with E-state index in [0.717, 1.165) is 24.2 Å². The van der Waals surface area contributed by atoms with Gasteiger partial charge in [-0.2, -0.15) is 0 Å². The van der Waals surface area contributed by atoms with Crippen LogP contribution in [0.4, 0.5) is 0 Å². The van der Waals surface area contributed by atoms with E-state index in [1.807, 2.05) is 42.5 Å². The van der Waals surface area contributed by atoms with Crippen molar-refractivity contribution < 1.29 is 9.84 Å². The predicted molar refractivity (Wildman–Crippen MR) is 94.7 cm³/mol. The minimum atomic E-state index is -1.11. The van der Waals surface area contributed by atoms with Crippen LogP contribution in [0, 0.1) is 5.92 Å². The normalized spacial score (nSPS) is 19.8. The van der Waals surface area contributed by atoms with Gasteiger partial charge in [0.1, 0.15) is 5.60 Å². The summed E-state index contributed by atoms with van der Waals surface area (Å²) in [5.41, 5.74) is 0.630. The van der Waals surface area contributed by atoms with Crippen molar-refractivity contribution in [2.45, 2.75) is 25.5 Å². The number of aliphatic hydroxyl groups is 1. The van der Waals surface area contributed by atoms with Crippen molar-refractivity contribution in [2.75, 3.05) is 26.3 Å². The molecule has 0 bridgehead atoms. The number of hydrogen-bond donors (Lipinski definition) is 1. The average molecular weight is 326 g/mol. The van der Waals surface area contributed by atoms with E-state index in [1.54, 1.807) is 12.4 Å². The molecule has 1 saturated heterocycles. The van der Waals surface area contributed by atoms with Crippen molar-refractivity contribution in [3.8, 4) is 0 Å². The van der Waals surface area contributed by atoms with E-state index in [4.69, 9.17) is 4.74 Å².